The monoisotopic (exact) mass is 275 g/mol. The molecule has 3 nitrogen and oxygen atoms in total. The molecule has 2 atom stereocenters. The summed E-state index contributed by atoms with van der Waals surface area (Å²) in [6.07, 6.45) is 3.57. The first-order valence-electron chi connectivity index (χ1n) is 7.74. The Morgan fingerprint density at radius 1 is 1.40 bits per heavy atom. The maximum atomic E-state index is 5.91. The zero-order valence-corrected chi connectivity index (χ0v) is 13.4. The zero-order valence-electron chi connectivity index (χ0n) is 13.4. The van der Waals surface area contributed by atoms with Gasteiger partial charge in [0.05, 0.1) is 0 Å². The van der Waals surface area contributed by atoms with Crippen molar-refractivity contribution in [3.63, 3.8) is 0 Å². The van der Waals surface area contributed by atoms with Crippen molar-refractivity contribution in [1.82, 2.24) is 4.90 Å². The molecule has 1 aliphatic heterocycles. The number of hydrogen-bond donors (Lipinski definition) is 1. The number of aryl methyl sites for hydroxylation is 1. The van der Waals surface area contributed by atoms with Crippen molar-refractivity contribution in [2.75, 3.05) is 32.1 Å². The van der Waals surface area contributed by atoms with Crippen molar-refractivity contribution in [2.24, 2.45) is 5.73 Å². The van der Waals surface area contributed by atoms with Crippen LogP contribution in [0.4, 0.5) is 5.69 Å². The Hall–Kier alpha value is -1.06. The highest BCUT2D eigenvalue weighted by molar-refractivity contribution is 5.52. The second kappa shape index (κ2) is 6.59. The Balaban J connectivity index is 2.14. The van der Waals surface area contributed by atoms with Crippen LogP contribution < -0.4 is 10.6 Å². The van der Waals surface area contributed by atoms with Gasteiger partial charge in [0.1, 0.15) is 0 Å². The number of nitrogens with two attached hydrogens (primary N) is 1. The Morgan fingerprint density at radius 3 is 2.75 bits per heavy atom. The molecule has 0 aromatic heterocycles. The highest BCUT2D eigenvalue weighted by atomic mass is 15.2. The number of nitrogens with zero attached hydrogens (tertiary/aromatic N) is 2. The van der Waals surface area contributed by atoms with E-state index in [1.807, 2.05) is 0 Å². The van der Waals surface area contributed by atoms with Crippen LogP contribution >= 0.6 is 0 Å². The molecule has 0 saturated carbocycles. The lowest BCUT2D eigenvalue weighted by atomic mass is 10.0. The molecule has 1 aromatic rings. The van der Waals surface area contributed by atoms with Crippen LogP contribution in [0.1, 0.15) is 30.9 Å². The van der Waals surface area contributed by atoms with Crippen LogP contribution in [0.2, 0.25) is 0 Å². The summed E-state index contributed by atoms with van der Waals surface area (Å²) in [7, 11) is 4.32. The van der Waals surface area contributed by atoms with Gasteiger partial charge in [0.2, 0.25) is 0 Å². The van der Waals surface area contributed by atoms with Crippen molar-refractivity contribution < 1.29 is 0 Å². The average Bonchev–Trinajstić information content (AvgIpc) is 2.78. The highest BCUT2D eigenvalue weighted by Crippen LogP contribution is 2.28. The van der Waals surface area contributed by atoms with E-state index in [4.69, 9.17) is 5.73 Å². The van der Waals surface area contributed by atoms with Gasteiger partial charge in [-0.05, 0) is 70.5 Å². The summed E-state index contributed by atoms with van der Waals surface area (Å²) >= 11 is 0. The number of likely N-dealkylation sites (N-methyl/N-ethyl adjacent to an activating group) is 1. The molecule has 0 aliphatic carbocycles. The molecule has 0 amide bonds. The predicted octanol–water partition coefficient (Wildman–Crippen LogP) is 2.42. The summed E-state index contributed by atoms with van der Waals surface area (Å²) in [5.41, 5.74) is 10.0. The summed E-state index contributed by atoms with van der Waals surface area (Å²) in [5, 5.41) is 0. The third-order valence-corrected chi connectivity index (χ3v) is 4.15. The van der Waals surface area contributed by atoms with Gasteiger partial charge >= 0.3 is 0 Å². The Kier molecular flexibility index (Phi) is 5.06. The Morgan fingerprint density at radius 2 is 2.15 bits per heavy atom. The zero-order chi connectivity index (χ0) is 14.7. The fourth-order valence-corrected chi connectivity index (χ4v) is 3.22. The topological polar surface area (TPSA) is 32.5 Å². The molecule has 3 heteroatoms. The lowest BCUT2D eigenvalue weighted by molar-refractivity contribution is 0.372. The van der Waals surface area contributed by atoms with Gasteiger partial charge in [-0.3, -0.25) is 0 Å². The van der Waals surface area contributed by atoms with E-state index >= 15 is 0 Å². The maximum Gasteiger partial charge on any atom is 0.0417 e. The second-order valence-electron chi connectivity index (χ2n) is 6.54. The minimum atomic E-state index is 0.229. The molecular weight excluding hydrogens is 246 g/mol. The second-order valence-corrected chi connectivity index (χ2v) is 6.54. The summed E-state index contributed by atoms with van der Waals surface area (Å²) < 4.78 is 0. The van der Waals surface area contributed by atoms with Gasteiger partial charge in [-0.1, -0.05) is 6.07 Å². The molecule has 112 valence electrons. The van der Waals surface area contributed by atoms with Gasteiger partial charge < -0.3 is 15.5 Å². The molecule has 0 radical (unpaired) electrons. The quantitative estimate of drug-likeness (QED) is 0.896. The molecule has 2 rings (SSSR count). The molecule has 20 heavy (non-hydrogen) atoms. The van der Waals surface area contributed by atoms with Gasteiger partial charge in [0.25, 0.3) is 0 Å². The maximum absolute atomic E-state index is 5.91. The summed E-state index contributed by atoms with van der Waals surface area (Å²) in [6.45, 7) is 6.60. The van der Waals surface area contributed by atoms with Gasteiger partial charge in [-0.25, -0.2) is 0 Å². The average molecular weight is 275 g/mol. The van der Waals surface area contributed by atoms with E-state index in [0.29, 0.717) is 6.04 Å². The minimum absolute atomic E-state index is 0.229. The van der Waals surface area contributed by atoms with E-state index in [0.717, 1.165) is 13.0 Å². The van der Waals surface area contributed by atoms with Gasteiger partial charge in [-0.15, -0.1) is 0 Å². The van der Waals surface area contributed by atoms with E-state index in [9.17, 15) is 0 Å². The summed E-state index contributed by atoms with van der Waals surface area (Å²) in [5.74, 6) is 0. The van der Waals surface area contributed by atoms with Crippen LogP contribution in [0.15, 0.2) is 18.2 Å². The highest BCUT2D eigenvalue weighted by Gasteiger charge is 2.25. The van der Waals surface area contributed by atoms with E-state index in [1.54, 1.807) is 0 Å². The summed E-state index contributed by atoms with van der Waals surface area (Å²) in [4.78, 5) is 4.86. The first-order chi connectivity index (χ1) is 9.47. The van der Waals surface area contributed by atoms with Crippen molar-refractivity contribution in [3.8, 4) is 0 Å². The number of hydrogen-bond acceptors (Lipinski definition) is 3. The van der Waals surface area contributed by atoms with Crippen molar-refractivity contribution in [3.05, 3.63) is 29.3 Å². The van der Waals surface area contributed by atoms with Crippen LogP contribution in [-0.4, -0.2) is 44.2 Å². The molecule has 1 aromatic carbocycles. The van der Waals surface area contributed by atoms with Crippen LogP contribution in [0.25, 0.3) is 0 Å². The predicted molar refractivity (Wildman–Crippen MR) is 87.5 cm³/mol. The first-order valence-corrected chi connectivity index (χ1v) is 7.74. The van der Waals surface area contributed by atoms with Gasteiger partial charge in [0, 0.05) is 30.9 Å². The molecule has 1 heterocycles. The number of rotatable bonds is 5. The SMILES string of the molecule is Cc1cc(N2CCCC2CN(C)C)ccc1CC(C)N. The van der Waals surface area contributed by atoms with Crippen LogP contribution in [-0.2, 0) is 6.42 Å². The normalized spacial score (nSPS) is 20.7. The van der Waals surface area contributed by atoms with Gasteiger partial charge in [-0.2, -0.15) is 0 Å². The Labute approximate surface area is 123 Å². The lowest BCUT2D eigenvalue weighted by Crippen LogP contribution is -2.37. The smallest absolute Gasteiger partial charge is 0.0417 e. The minimum Gasteiger partial charge on any atom is -0.367 e. The molecule has 2 unspecified atom stereocenters. The van der Waals surface area contributed by atoms with Crippen LogP contribution in [0.5, 0.6) is 0 Å². The Bertz CT molecular complexity index is 440. The van der Waals surface area contributed by atoms with Gasteiger partial charge in [0.15, 0.2) is 0 Å². The van der Waals surface area contributed by atoms with Crippen molar-refractivity contribution in [2.45, 2.75) is 45.2 Å². The number of benzene rings is 1. The molecular formula is C17H29N3. The molecule has 1 saturated heterocycles. The summed E-state index contributed by atoms with van der Waals surface area (Å²) in [6, 6.07) is 7.76. The standard InChI is InChI=1S/C17H29N3/c1-13-10-16(8-7-15(13)11-14(2)18)20-9-5-6-17(20)12-19(3)4/h7-8,10,14,17H,5-6,9,11-12,18H2,1-4H3. The van der Waals surface area contributed by atoms with E-state index < -0.39 is 0 Å². The van der Waals surface area contributed by atoms with Crippen LogP contribution in [0.3, 0.4) is 0 Å². The molecule has 1 aliphatic rings. The largest absolute Gasteiger partial charge is 0.367 e. The molecule has 1 fully saturated rings. The van der Waals surface area contributed by atoms with Crippen molar-refractivity contribution >= 4 is 5.69 Å². The van der Waals surface area contributed by atoms with Crippen molar-refractivity contribution in [1.29, 1.82) is 0 Å². The molecule has 0 bridgehead atoms. The fraction of sp³-hybridized carbons (Fsp3) is 0.647. The first kappa shape index (κ1) is 15.3. The van der Waals surface area contributed by atoms with E-state index in [2.05, 4.69) is 55.9 Å². The van der Waals surface area contributed by atoms with E-state index in [-0.39, 0.29) is 6.04 Å². The fourth-order valence-electron chi connectivity index (χ4n) is 3.22. The third-order valence-electron chi connectivity index (χ3n) is 4.15. The lowest BCUT2D eigenvalue weighted by Gasteiger charge is -2.29. The molecule has 2 N–H and O–H groups in total. The number of anilines is 1. The third kappa shape index (κ3) is 3.74. The molecule has 0 spiro atoms. The van der Waals surface area contributed by atoms with Crippen LogP contribution in [0, 0.1) is 6.92 Å². The van der Waals surface area contributed by atoms with E-state index in [1.165, 1.54) is 36.2 Å².